The van der Waals surface area contributed by atoms with E-state index in [1.165, 1.54) is 54.6 Å². The lowest BCUT2D eigenvalue weighted by atomic mass is 9.88. The molecule has 1 aliphatic carbocycles. The summed E-state index contributed by atoms with van der Waals surface area (Å²) in [4.78, 5) is 4.64. The van der Waals surface area contributed by atoms with E-state index < -0.39 is 0 Å². The van der Waals surface area contributed by atoms with Gasteiger partial charge in [-0.3, -0.25) is 0 Å². The standard InChI is InChI=1S/C23H31N3O/c1-17-4-3-5-20-16-21(10-8-18(20)7-6-17)25-26-14-12-19-9-11-23(27-2)24-22(19)13-15-26/h8-11,16-17,25H,3-7,12-15H2,1-2H3. The molecule has 0 bridgehead atoms. The van der Waals surface area contributed by atoms with E-state index >= 15 is 0 Å². The van der Waals surface area contributed by atoms with E-state index in [0.717, 1.165) is 31.8 Å². The van der Waals surface area contributed by atoms with Crippen molar-refractivity contribution in [2.45, 2.75) is 51.9 Å². The lowest BCUT2D eigenvalue weighted by Gasteiger charge is -2.24. The third-order valence-electron chi connectivity index (χ3n) is 6.06. The van der Waals surface area contributed by atoms with Crippen LogP contribution in [0, 0.1) is 5.92 Å². The first-order chi connectivity index (χ1) is 13.2. The summed E-state index contributed by atoms with van der Waals surface area (Å²) in [6.07, 6.45) is 8.39. The van der Waals surface area contributed by atoms with Crippen LogP contribution in [0.15, 0.2) is 30.3 Å². The zero-order valence-corrected chi connectivity index (χ0v) is 16.6. The summed E-state index contributed by atoms with van der Waals surface area (Å²) in [5, 5.41) is 2.33. The first-order valence-electron chi connectivity index (χ1n) is 10.4. The maximum absolute atomic E-state index is 5.28. The number of pyridine rings is 1. The van der Waals surface area contributed by atoms with Crippen molar-refractivity contribution in [3.05, 3.63) is 52.7 Å². The summed E-state index contributed by atoms with van der Waals surface area (Å²) in [6.45, 7) is 4.35. The smallest absolute Gasteiger partial charge is 0.213 e. The maximum Gasteiger partial charge on any atom is 0.213 e. The van der Waals surface area contributed by atoms with E-state index in [4.69, 9.17) is 4.74 Å². The number of hydrogen-bond donors (Lipinski definition) is 1. The van der Waals surface area contributed by atoms with Crippen molar-refractivity contribution < 1.29 is 4.74 Å². The molecule has 4 nitrogen and oxygen atoms in total. The second-order valence-electron chi connectivity index (χ2n) is 8.08. The number of benzene rings is 1. The Morgan fingerprint density at radius 2 is 1.81 bits per heavy atom. The highest BCUT2D eigenvalue weighted by atomic mass is 16.5. The molecule has 1 aromatic carbocycles. The van der Waals surface area contributed by atoms with Crippen LogP contribution in [-0.4, -0.2) is 30.2 Å². The average molecular weight is 366 g/mol. The number of fused-ring (bicyclic) bond motifs is 2. The maximum atomic E-state index is 5.28. The average Bonchev–Trinajstić information content (AvgIpc) is 2.87. The number of rotatable bonds is 3. The molecule has 4 heteroatoms. The molecule has 2 aliphatic rings. The number of nitrogens with one attached hydrogen (secondary N) is 1. The molecule has 0 radical (unpaired) electrons. The predicted molar refractivity (Wildman–Crippen MR) is 110 cm³/mol. The lowest BCUT2D eigenvalue weighted by molar-refractivity contribution is 0.345. The molecular weight excluding hydrogens is 334 g/mol. The number of hydrazine groups is 1. The molecule has 2 aromatic rings. The fourth-order valence-corrected chi connectivity index (χ4v) is 4.33. The topological polar surface area (TPSA) is 37.4 Å². The summed E-state index contributed by atoms with van der Waals surface area (Å²) in [7, 11) is 1.68. The minimum absolute atomic E-state index is 0.714. The van der Waals surface area contributed by atoms with Gasteiger partial charge in [0.15, 0.2) is 0 Å². The molecule has 0 saturated heterocycles. The largest absolute Gasteiger partial charge is 0.481 e. The molecule has 0 amide bonds. The summed E-state index contributed by atoms with van der Waals surface area (Å²) >= 11 is 0. The van der Waals surface area contributed by atoms with Gasteiger partial charge < -0.3 is 10.2 Å². The van der Waals surface area contributed by atoms with Crippen LogP contribution < -0.4 is 10.2 Å². The van der Waals surface area contributed by atoms with Crippen molar-refractivity contribution in [2.24, 2.45) is 5.92 Å². The Bertz CT molecular complexity index is 789. The van der Waals surface area contributed by atoms with E-state index in [0.29, 0.717) is 5.88 Å². The Morgan fingerprint density at radius 1 is 0.963 bits per heavy atom. The number of ether oxygens (including phenoxy) is 1. The number of aryl methyl sites for hydroxylation is 2. The van der Waals surface area contributed by atoms with Crippen LogP contribution in [-0.2, 0) is 25.7 Å². The van der Waals surface area contributed by atoms with Gasteiger partial charge in [-0.05, 0) is 66.8 Å². The van der Waals surface area contributed by atoms with Crippen molar-refractivity contribution in [2.75, 3.05) is 25.6 Å². The SMILES string of the molecule is COc1ccc2c(n1)CCN(Nc1ccc3c(c1)CCCC(C)CC3)CC2. The molecule has 4 rings (SSSR count). The van der Waals surface area contributed by atoms with Gasteiger partial charge in [0.05, 0.1) is 7.11 Å². The Kier molecular flexibility index (Phi) is 5.63. The highest BCUT2D eigenvalue weighted by Crippen LogP contribution is 2.26. The van der Waals surface area contributed by atoms with Crippen molar-refractivity contribution in [1.82, 2.24) is 9.99 Å². The van der Waals surface area contributed by atoms with E-state index in [1.807, 2.05) is 6.07 Å². The number of aromatic nitrogens is 1. The van der Waals surface area contributed by atoms with Gasteiger partial charge in [-0.25, -0.2) is 9.99 Å². The molecule has 144 valence electrons. The fourth-order valence-electron chi connectivity index (χ4n) is 4.33. The van der Waals surface area contributed by atoms with E-state index in [9.17, 15) is 0 Å². The highest BCUT2D eigenvalue weighted by molar-refractivity contribution is 5.48. The highest BCUT2D eigenvalue weighted by Gasteiger charge is 2.17. The third-order valence-corrected chi connectivity index (χ3v) is 6.06. The van der Waals surface area contributed by atoms with Gasteiger partial charge in [0.25, 0.3) is 0 Å². The summed E-state index contributed by atoms with van der Waals surface area (Å²) in [5.74, 6) is 1.58. The number of nitrogens with zero attached hydrogens (tertiary/aromatic N) is 2. The van der Waals surface area contributed by atoms with Crippen LogP contribution in [0.5, 0.6) is 5.88 Å². The summed E-state index contributed by atoms with van der Waals surface area (Å²) in [5.41, 5.74) is 10.5. The first-order valence-corrected chi connectivity index (χ1v) is 10.4. The third kappa shape index (κ3) is 4.44. The number of methoxy groups -OCH3 is 1. The fraction of sp³-hybridized carbons (Fsp3) is 0.522. The first kappa shape index (κ1) is 18.3. The van der Waals surface area contributed by atoms with Crippen LogP contribution in [0.25, 0.3) is 0 Å². The Labute approximate surface area is 162 Å². The monoisotopic (exact) mass is 365 g/mol. The van der Waals surface area contributed by atoms with Crippen LogP contribution in [0.4, 0.5) is 5.69 Å². The lowest BCUT2D eigenvalue weighted by Crippen LogP contribution is -2.32. The molecule has 0 spiro atoms. The number of anilines is 1. The van der Waals surface area contributed by atoms with Gasteiger partial charge in [-0.1, -0.05) is 25.5 Å². The predicted octanol–water partition coefficient (Wildman–Crippen LogP) is 4.42. The Hall–Kier alpha value is -2.07. The zero-order valence-electron chi connectivity index (χ0n) is 16.6. The van der Waals surface area contributed by atoms with Gasteiger partial charge in [0, 0.05) is 37.0 Å². The molecule has 1 unspecified atom stereocenters. The van der Waals surface area contributed by atoms with Crippen molar-refractivity contribution in [3.8, 4) is 5.88 Å². The van der Waals surface area contributed by atoms with E-state index in [-0.39, 0.29) is 0 Å². The molecule has 27 heavy (non-hydrogen) atoms. The molecule has 2 heterocycles. The van der Waals surface area contributed by atoms with Crippen LogP contribution in [0.1, 0.15) is 48.6 Å². The second kappa shape index (κ2) is 8.30. The van der Waals surface area contributed by atoms with Gasteiger partial charge in [0.1, 0.15) is 0 Å². The molecule has 0 fully saturated rings. The molecule has 1 aliphatic heterocycles. The van der Waals surface area contributed by atoms with Crippen LogP contribution in [0.3, 0.4) is 0 Å². The van der Waals surface area contributed by atoms with Crippen molar-refractivity contribution in [1.29, 1.82) is 0 Å². The summed E-state index contributed by atoms with van der Waals surface area (Å²) in [6, 6.07) is 11.1. The quantitative estimate of drug-likeness (QED) is 0.873. The molecule has 1 N–H and O–H groups in total. The number of hydrogen-bond acceptors (Lipinski definition) is 4. The van der Waals surface area contributed by atoms with E-state index in [1.54, 1.807) is 12.7 Å². The van der Waals surface area contributed by atoms with Gasteiger partial charge in [0.2, 0.25) is 5.88 Å². The molecule has 0 saturated carbocycles. The van der Waals surface area contributed by atoms with Crippen LogP contribution >= 0.6 is 0 Å². The van der Waals surface area contributed by atoms with Gasteiger partial charge >= 0.3 is 0 Å². The normalized spacial score (nSPS) is 20.6. The van der Waals surface area contributed by atoms with Gasteiger partial charge in [-0.15, -0.1) is 0 Å². The minimum Gasteiger partial charge on any atom is -0.481 e. The second-order valence-corrected chi connectivity index (χ2v) is 8.08. The molecule has 1 atom stereocenters. The Morgan fingerprint density at radius 3 is 2.70 bits per heavy atom. The Balaban J connectivity index is 1.43. The molecular formula is C23H31N3O. The molecule has 1 aromatic heterocycles. The van der Waals surface area contributed by atoms with Crippen LogP contribution in [0.2, 0.25) is 0 Å². The minimum atomic E-state index is 0.714. The van der Waals surface area contributed by atoms with Gasteiger partial charge in [-0.2, -0.15) is 0 Å². The van der Waals surface area contributed by atoms with Crippen molar-refractivity contribution >= 4 is 5.69 Å². The zero-order chi connectivity index (χ0) is 18.6. The summed E-state index contributed by atoms with van der Waals surface area (Å²) < 4.78 is 5.28. The van der Waals surface area contributed by atoms with E-state index in [2.05, 4.69) is 46.6 Å². The van der Waals surface area contributed by atoms with Crippen molar-refractivity contribution in [3.63, 3.8) is 0 Å².